The minimum absolute atomic E-state index is 0.134. The first-order valence-electron chi connectivity index (χ1n) is 8.80. The van der Waals surface area contributed by atoms with Crippen LogP contribution in [0.25, 0.3) is 6.08 Å². The lowest BCUT2D eigenvalue weighted by molar-refractivity contribution is -0.142. The standard InChI is InChI=1S/C21H18ClF2N3O4/c1-27(2)16-6-3-13(4-7-16)9-14(11-25)20(29)30-12-19(28)26-15-5-8-18(17(22)10-15)31-21(23)24/h3-10,21H,12H2,1-2H3,(H,26,28)/b14-9+. The van der Waals surface area contributed by atoms with Crippen molar-refractivity contribution in [1.82, 2.24) is 0 Å². The van der Waals surface area contributed by atoms with Crippen molar-refractivity contribution in [2.75, 3.05) is 30.9 Å². The lowest BCUT2D eigenvalue weighted by Crippen LogP contribution is -2.21. The number of alkyl halides is 2. The molecular weight excluding hydrogens is 432 g/mol. The topological polar surface area (TPSA) is 91.7 Å². The van der Waals surface area contributed by atoms with Gasteiger partial charge in [-0.2, -0.15) is 14.0 Å². The molecule has 0 unspecified atom stereocenters. The molecule has 0 spiro atoms. The van der Waals surface area contributed by atoms with E-state index in [1.165, 1.54) is 18.2 Å². The number of halogens is 3. The Balaban J connectivity index is 1.95. The van der Waals surface area contributed by atoms with Crippen LogP contribution in [0.5, 0.6) is 5.75 Å². The molecule has 31 heavy (non-hydrogen) atoms. The Labute approximate surface area is 182 Å². The molecule has 0 atom stereocenters. The molecule has 0 bridgehead atoms. The Kier molecular flexibility index (Phi) is 8.34. The van der Waals surface area contributed by atoms with Crippen molar-refractivity contribution < 1.29 is 27.8 Å². The highest BCUT2D eigenvalue weighted by atomic mass is 35.5. The minimum atomic E-state index is -3.04. The largest absolute Gasteiger partial charge is 0.451 e. The average Bonchev–Trinajstić information content (AvgIpc) is 2.72. The molecule has 0 saturated heterocycles. The van der Waals surface area contributed by atoms with Gasteiger partial charge in [-0.25, -0.2) is 4.79 Å². The number of benzene rings is 2. The summed E-state index contributed by atoms with van der Waals surface area (Å²) in [6.07, 6.45) is 1.35. The maximum Gasteiger partial charge on any atom is 0.387 e. The van der Waals surface area contributed by atoms with E-state index in [9.17, 15) is 23.6 Å². The molecule has 10 heteroatoms. The maximum atomic E-state index is 12.2. The summed E-state index contributed by atoms with van der Waals surface area (Å²) in [6, 6.07) is 12.5. The molecule has 2 rings (SSSR count). The monoisotopic (exact) mass is 449 g/mol. The molecule has 0 fully saturated rings. The van der Waals surface area contributed by atoms with E-state index in [0.29, 0.717) is 5.56 Å². The van der Waals surface area contributed by atoms with Crippen molar-refractivity contribution in [3.8, 4) is 11.8 Å². The summed E-state index contributed by atoms with van der Waals surface area (Å²) in [7, 11) is 3.76. The second-order valence-electron chi connectivity index (χ2n) is 6.30. The molecular formula is C21H18ClF2N3O4. The van der Waals surface area contributed by atoms with Gasteiger partial charge < -0.3 is 19.7 Å². The van der Waals surface area contributed by atoms with Gasteiger partial charge in [0.2, 0.25) is 0 Å². The lowest BCUT2D eigenvalue weighted by atomic mass is 10.1. The van der Waals surface area contributed by atoms with Gasteiger partial charge in [0, 0.05) is 25.5 Å². The number of nitrogens with zero attached hydrogens (tertiary/aromatic N) is 2. The van der Waals surface area contributed by atoms with E-state index in [1.54, 1.807) is 18.2 Å². The lowest BCUT2D eigenvalue weighted by Gasteiger charge is -2.12. The van der Waals surface area contributed by atoms with Crippen LogP contribution in [0, 0.1) is 11.3 Å². The van der Waals surface area contributed by atoms with Crippen LogP contribution < -0.4 is 15.0 Å². The van der Waals surface area contributed by atoms with Gasteiger partial charge in [0.15, 0.2) is 6.61 Å². The molecule has 0 aromatic heterocycles. The van der Waals surface area contributed by atoms with Crippen molar-refractivity contribution in [3.05, 3.63) is 58.6 Å². The number of carbonyl (C=O) groups excluding carboxylic acids is 2. The fraction of sp³-hybridized carbons (Fsp3) is 0.190. The fourth-order valence-corrected chi connectivity index (χ4v) is 2.57. The van der Waals surface area contributed by atoms with Crippen LogP contribution in [0.4, 0.5) is 20.2 Å². The van der Waals surface area contributed by atoms with Crippen LogP contribution in [0.15, 0.2) is 48.0 Å². The molecule has 2 aromatic rings. The first-order chi connectivity index (χ1) is 14.7. The van der Waals surface area contributed by atoms with Gasteiger partial charge in [-0.05, 0) is 42.0 Å². The highest BCUT2D eigenvalue weighted by Crippen LogP contribution is 2.28. The Morgan fingerprint density at radius 3 is 2.45 bits per heavy atom. The molecule has 0 aliphatic rings. The zero-order chi connectivity index (χ0) is 23.0. The summed E-state index contributed by atoms with van der Waals surface area (Å²) in [6.45, 7) is -3.70. The zero-order valence-corrected chi connectivity index (χ0v) is 17.3. The Morgan fingerprint density at radius 1 is 1.23 bits per heavy atom. The van der Waals surface area contributed by atoms with E-state index in [1.807, 2.05) is 31.1 Å². The number of hydrogen-bond acceptors (Lipinski definition) is 6. The highest BCUT2D eigenvalue weighted by molar-refractivity contribution is 6.32. The van der Waals surface area contributed by atoms with E-state index in [2.05, 4.69) is 10.1 Å². The molecule has 1 N–H and O–H groups in total. The molecule has 0 heterocycles. The molecule has 0 saturated carbocycles. The van der Waals surface area contributed by atoms with Crippen LogP contribution >= 0.6 is 11.6 Å². The predicted molar refractivity (Wildman–Crippen MR) is 112 cm³/mol. The molecule has 0 radical (unpaired) electrons. The van der Waals surface area contributed by atoms with Gasteiger partial charge in [-0.3, -0.25) is 4.79 Å². The molecule has 0 aliphatic heterocycles. The average molecular weight is 450 g/mol. The number of esters is 1. The molecule has 162 valence electrons. The van der Waals surface area contributed by atoms with Crippen molar-refractivity contribution in [2.24, 2.45) is 0 Å². The van der Waals surface area contributed by atoms with Crippen molar-refractivity contribution in [2.45, 2.75) is 6.61 Å². The number of ether oxygens (including phenoxy) is 2. The zero-order valence-electron chi connectivity index (χ0n) is 16.6. The van der Waals surface area contributed by atoms with Crippen LogP contribution in [0.3, 0.4) is 0 Å². The number of amides is 1. The molecule has 0 aliphatic carbocycles. The number of rotatable bonds is 8. The smallest absolute Gasteiger partial charge is 0.387 e. The van der Waals surface area contributed by atoms with Gasteiger partial charge >= 0.3 is 12.6 Å². The summed E-state index contributed by atoms with van der Waals surface area (Å²) in [5.41, 5.74) is 1.47. The quantitative estimate of drug-likeness (QED) is 0.370. The third-order valence-corrected chi connectivity index (χ3v) is 4.12. The normalized spacial score (nSPS) is 10.9. The summed E-state index contributed by atoms with van der Waals surface area (Å²) in [4.78, 5) is 26.0. The van der Waals surface area contributed by atoms with Gasteiger partial charge in [0.1, 0.15) is 17.4 Å². The third-order valence-electron chi connectivity index (χ3n) is 3.83. The van der Waals surface area contributed by atoms with E-state index in [0.717, 1.165) is 11.8 Å². The van der Waals surface area contributed by atoms with Crippen molar-refractivity contribution >= 4 is 40.9 Å². The fourth-order valence-electron chi connectivity index (χ4n) is 2.35. The van der Waals surface area contributed by atoms with Crippen molar-refractivity contribution in [1.29, 1.82) is 5.26 Å². The number of hydrogen-bond donors (Lipinski definition) is 1. The summed E-state index contributed by atoms with van der Waals surface area (Å²) in [5.74, 6) is -1.92. The van der Waals surface area contributed by atoms with Crippen LogP contribution in [0.2, 0.25) is 5.02 Å². The first-order valence-corrected chi connectivity index (χ1v) is 9.18. The summed E-state index contributed by atoms with van der Waals surface area (Å²) >= 11 is 5.81. The maximum absolute atomic E-state index is 12.2. The second kappa shape index (κ2) is 10.9. The second-order valence-corrected chi connectivity index (χ2v) is 6.71. The van der Waals surface area contributed by atoms with Gasteiger partial charge in [0.25, 0.3) is 5.91 Å². The SMILES string of the molecule is CN(C)c1ccc(/C=C(\C#N)C(=O)OCC(=O)Nc2ccc(OC(F)F)c(Cl)c2)cc1. The third kappa shape index (κ3) is 7.28. The van der Waals surface area contributed by atoms with E-state index in [4.69, 9.17) is 16.3 Å². The van der Waals surface area contributed by atoms with Crippen LogP contribution in [0.1, 0.15) is 5.56 Å². The van der Waals surface area contributed by atoms with Gasteiger partial charge in [-0.1, -0.05) is 23.7 Å². The van der Waals surface area contributed by atoms with Crippen LogP contribution in [-0.4, -0.2) is 39.2 Å². The summed E-state index contributed by atoms with van der Waals surface area (Å²) < 4.78 is 33.5. The van der Waals surface area contributed by atoms with Gasteiger partial charge in [-0.15, -0.1) is 0 Å². The Hall–Kier alpha value is -3.64. The Morgan fingerprint density at radius 2 is 1.90 bits per heavy atom. The molecule has 7 nitrogen and oxygen atoms in total. The van der Waals surface area contributed by atoms with E-state index < -0.39 is 25.1 Å². The Bertz CT molecular complexity index is 1020. The number of anilines is 2. The van der Waals surface area contributed by atoms with E-state index >= 15 is 0 Å². The predicted octanol–water partition coefficient (Wildman–Crippen LogP) is 4.10. The van der Waals surface area contributed by atoms with E-state index in [-0.39, 0.29) is 22.0 Å². The molecule has 1 amide bonds. The highest BCUT2D eigenvalue weighted by Gasteiger charge is 2.14. The summed E-state index contributed by atoms with van der Waals surface area (Å²) in [5, 5.41) is 11.5. The van der Waals surface area contributed by atoms with Crippen LogP contribution in [-0.2, 0) is 14.3 Å². The molecule has 2 aromatic carbocycles. The number of nitriles is 1. The minimum Gasteiger partial charge on any atom is -0.451 e. The number of carbonyl (C=O) groups is 2. The van der Waals surface area contributed by atoms with Crippen molar-refractivity contribution in [3.63, 3.8) is 0 Å². The van der Waals surface area contributed by atoms with Gasteiger partial charge in [0.05, 0.1) is 5.02 Å². The first kappa shape index (κ1) is 23.6. The number of nitrogens with one attached hydrogen (secondary N) is 1.